The smallest absolute Gasteiger partial charge is 0.220 e. The van der Waals surface area contributed by atoms with Crippen LogP contribution in [0.15, 0.2) is 24.3 Å². The Kier molecular flexibility index (Phi) is 5.64. The number of carbonyl (C=O) groups is 1. The third-order valence-electron chi connectivity index (χ3n) is 4.19. The first-order valence-electron chi connectivity index (χ1n) is 7.56. The lowest BCUT2D eigenvalue weighted by Crippen LogP contribution is -2.51. The minimum atomic E-state index is 0.00192. The summed E-state index contributed by atoms with van der Waals surface area (Å²) in [4.78, 5) is 12.2. The standard InChI is InChI=1S/C17H24BrNO/c1-14-6-5-7-15(12-14)8-9-16(20)19-17(13-18)10-3-2-4-11-17/h5-7,12H,2-4,8-11,13H2,1H3,(H,19,20). The third kappa shape index (κ3) is 4.34. The molecule has 1 N–H and O–H groups in total. The van der Waals surface area contributed by atoms with Crippen molar-refractivity contribution in [2.45, 2.75) is 57.4 Å². The Labute approximate surface area is 130 Å². The van der Waals surface area contributed by atoms with E-state index in [1.165, 1.54) is 30.4 Å². The minimum Gasteiger partial charge on any atom is -0.350 e. The maximum absolute atomic E-state index is 12.2. The van der Waals surface area contributed by atoms with Gasteiger partial charge in [-0.05, 0) is 31.7 Å². The molecule has 2 rings (SSSR count). The van der Waals surface area contributed by atoms with Gasteiger partial charge in [0.15, 0.2) is 0 Å². The van der Waals surface area contributed by atoms with Gasteiger partial charge in [0.1, 0.15) is 0 Å². The number of carbonyl (C=O) groups excluding carboxylic acids is 1. The summed E-state index contributed by atoms with van der Waals surface area (Å²) in [6.07, 6.45) is 7.37. The summed E-state index contributed by atoms with van der Waals surface area (Å²) in [5, 5.41) is 4.15. The van der Waals surface area contributed by atoms with E-state index < -0.39 is 0 Å². The first-order valence-corrected chi connectivity index (χ1v) is 8.68. The van der Waals surface area contributed by atoms with Crippen molar-refractivity contribution in [3.63, 3.8) is 0 Å². The molecule has 1 fully saturated rings. The van der Waals surface area contributed by atoms with Crippen LogP contribution in [0.3, 0.4) is 0 Å². The highest BCUT2D eigenvalue weighted by Crippen LogP contribution is 2.29. The summed E-state index contributed by atoms with van der Waals surface area (Å²) in [5.41, 5.74) is 2.51. The van der Waals surface area contributed by atoms with Crippen LogP contribution in [0.25, 0.3) is 0 Å². The highest BCUT2D eigenvalue weighted by molar-refractivity contribution is 9.09. The van der Waals surface area contributed by atoms with Crippen molar-refractivity contribution in [3.05, 3.63) is 35.4 Å². The molecule has 1 amide bonds. The van der Waals surface area contributed by atoms with Crippen LogP contribution in [0.5, 0.6) is 0 Å². The first-order chi connectivity index (χ1) is 9.63. The van der Waals surface area contributed by atoms with Crippen LogP contribution in [0.4, 0.5) is 0 Å². The van der Waals surface area contributed by atoms with Crippen LogP contribution in [0.2, 0.25) is 0 Å². The molecule has 3 heteroatoms. The number of alkyl halides is 1. The van der Waals surface area contributed by atoms with Crippen LogP contribution >= 0.6 is 15.9 Å². The first kappa shape index (κ1) is 15.6. The van der Waals surface area contributed by atoms with Crippen LogP contribution in [-0.2, 0) is 11.2 Å². The molecule has 1 aliphatic carbocycles. The highest BCUT2D eigenvalue weighted by Gasteiger charge is 2.32. The fourth-order valence-electron chi connectivity index (χ4n) is 3.00. The maximum atomic E-state index is 12.2. The number of amides is 1. The van der Waals surface area contributed by atoms with Crippen LogP contribution in [0.1, 0.15) is 49.7 Å². The molecular weight excluding hydrogens is 314 g/mol. The van der Waals surface area contributed by atoms with Gasteiger partial charge in [-0.2, -0.15) is 0 Å². The summed E-state index contributed by atoms with van der Waals surface area (Å²) in [7, 11) is 0. The number of halogens is 1. The largest absolute Gasteiger partial charge is 0.350 e. The predicted octanol–water partition coefficient (Wildman–Crippen LogP) is 4.14. The second kappa shape index (κ2) is 7.26. The minimum absolute atomic E-state index is 0.00192. The highest BCUT2D eigenvalue weighted by atomic mass is 79.9. The molecule has 0 radical (unpaired) electrons. The quantitative estimate of drug-likeness (QED) is 0.803. The summed E-state index contributed by atoms with van der Waals surface area (Å²) in [6.45, 7) is 2.09. The molecule has 0 heterocycles. The Morgan fingerprint density at radius 1 is 1.30 bits per heavy atom. The van der Waals surface area contributed by atoms with Gasteiger partial charge in [0.05, 0.1) is 0 Å². The number of hydrogen-bond acceptors (Lipinski definition) is 1. The van der Waals surface area contributed by atoms with E-state index in [0.29, 0.717) is 6.42 Å². The van der Waals surface area contributed by atoms with Crippen LogP contribution in [-0.4, -0.2) is 16.8 Å². The van der Waals surface area contributed by atoms with Gasteiger partial charge in [0.2, 0.25) is 5.91 Å². The van der Waals surface area contributed by atoms with E-state index in [9.17, 15) is 4.79 Å². The lowest BCUT2D eigenvalue weighted by atomic mass is 9.83. The maximum Gasteiger partial charge on any atom is 0.220 e. The van der Waals surface area contributed by atoms with Crippen molar-refractivity contribution in [2.75, 3.05) is 5.33 Å². The van der Waals surface area contributed by atoms with Crippen molar-refractivity contribution in [2.24, 2.45) is 0 Å². The summed E-state index contributed by atoms with van der Waals surface area (Å²) >= 11 is 3.59. The normalized spacial score (nSPS) is 17.7. The van der Waals surface area contributed by atoms with Gasteiger partial charge in [-0.3, -0.25) is 4.79 Å². The Hall–Kier alpha value is -0.830. The topological polar surface area (TPSA) is 29.1 Å². The van der Waals surface area contributed by atoms with Crippen molar-refractivity contribution in [1.29, 1.82) is 0 Å². The fourth-order valence-corrected chi connectivity index (χ4v) is 3.71. The van der Waals surface area contributed by atoms with E-state index in [0.717, 1.165) is 24.6 Å². The Morgan fingerprint density at radius 2 is 2.05 bits per heavy atom. The zero-order valence-corrected chi connectivity index (χ0v) is 13.8. The van der Waals surface area contributed by atoms with Gasteiger partial charge in [0, 0.05) is 17.3 Å². The number of benzene rings is 1. The van der Waals surface area contributed by atoms with Crippen molar-refractivity contribution < 1.29 is 4.79 Å². The number of hydrogen-bond donors (Lipinski definition) is 1. The van der Waals surface area contributed by atoms with E-state index in [4.69, 9.17) is 0 Å². The Bertz CT molecular complexity index is 452. The number of aryl methyl sites for hydroxylation is 2. The van der Waals surface area contributed by atoms with E-state index in [2.05, 4.69) is 52.4 Å². The van der Waals surface area contributed by atoms with E-state index in [1.807, 2.05) is 0 Å². The van der Waals surface area contributed by atoms with Crippen LogP contribution in [0, 0.1) is 6.92 Å². The molecule has 0 aromatic heterocycles. The molecule has 1 aliphatic rings. The molecule has 0 spiro atoms. The zero-order chi connectivity index (χ0) is 14.4. The number of nitrogens with one attached hydrogen (secondary N) is 1. The average molecular weight is 338 g/mol. The lowest BCUT2D eigenvalue weighted by Gasteiger charge is -2.36. The van der Waals surface area contributed by atoms with E-state index in [1.54, 1.807) is 0 Å². The average Bonchev–Trinajstić information content (AvgIpc) is 2.46. The van der Waals surface area contributed by atoms with Gasteiger partial charge in [-0.15, -0.1) is 0 Å². The summed E-state index contributed by atoms with van der Waals surface area (Å²) < 4.78 is 0. The molecule has 1 saturated carbocycles. The second-order valence-corrected chi connectivity index (χ2v) is 6.57. The van der Waals surface area contributed by atoms with Gasteiger partial charge in [0.25, 0.3) is 0 Å². The van der Waals surface area contributed by atoms with Crippen molar-refractivity contribution in [3.8, 4) is 0 Å². The molecule has 2 nitrogen and oxygen atoms in total. The molecule has 0 atom stereocenters. The lowest BCUT2D eigenvalue weighted by molar-refractivity contribution is -0.123. The van der Waals surface area contributed by atoms with E-state index in [-0.39, 0.29) is 11.4 Å². The molecule has 0 saturated heterocycles. The molecule has 0 bridgehead atoms. The monoisotopic (exact) mass is 337 g/mol. The molecule has 1 aromatic carbocycles. The Morgan fingerprint density at radius 3 is 2.70 bits per heavy atom. The van der Waals surface area contributed by atoms with Gasteiger partial charge >= 0.3 is 0 Å². The van der Waals surface area contributed by atoms with Crippen LogP contribution < -0.4 is 5.32 Å². The molecule has 0 unspecified atom stereocenters. The summed E-state index contributed by atoms with van der Waals surface area (Å²) in [6, 6.07) is 8.41. The van der Waals surface area contributed by atoms with E-state index >= 15 is 0 Å². The zero-order valence-electron chi connectivity index (χ0n) is 12.3. The molecular formula is C17H24BrNO. The summed E-state index contributed by atoms with van der Waals surface area (Å²) in [5.74, 6) is 0.188. The van der Waals surface area contributed by atoms with Gasteiger partial charge < -0.3 is 5.32 Å². The van der Waals surface area contributed by atoms with Gasteiger partial charge in [-0.1, -0.05) is 65.0 Å². The van der Waals surface area contributed by atoms with Gasteiger partial charge in [-0.25, -0.2) is 0 Å². The Balaban J connectivity index is 1.85. The molecule has 1 aromatic rings. The molecule has 20 heavy (non-hydrogen) atoms. The van der Waals surface area contributed by atoms with Crippen molar-refractivity contribution >= 4 is 21.8 Å². The van der Waals surface area contributed by atoms with Crippen molar-refractivity contribution in [1.82, 2.24) is 5.32 Å². The second-order valence-electron chi connectivity index (χ2n) is 6.01. The molecule has 0 aliphatic heterocycles. The number of rotatable bonds is 5. The third-order valence-corrected chi connectivity index (χ3v) is 5.27. The predicted molar refractivity (Wildman–Crippen MR) is 87.3 cm³/mol. The fraction of sp³-hybridized carbons (Fsp3) is 0.588. The molecule has 110 valence electrons. The SMILES string of the molecule is Cc1cccc(CCC(=O)NC2(CBr)CCCCC2)c1.